The van der Waals surface area contributed by atoms with Crippen molar-refractivity contribution in [3.05, 3.63) is 24.3 Å². The molecule has 1 atom stereocenters. The summed E-state index contributed by atoms with van der Waals surface area (Å²) in [6.07, 6.45) is 2.61. The number of para-hydroxylation sites is 2. The highest BCUT2D eigenvalue weighted by Crippen LogP contribution is 2.21. The molecule has 2 N–H and O–H groups in total. The van der Waals surface area contributed by atoms with Crippen molar-refractivity contribution in [2.45, 2.75) is 24.0 Å². The van der Waals surface area contributed by atoms with E-state index in [-0.39, 0.29) is 0 Å². The molecule has 1 aliphatic heterocycles. The SMILES string of the molecule is c1ccc2[nH]c(SC[C@@H]3CCCN3)nc2c1. The minimum absolute atomic E-state index is 0.665. The molecule has 0 unspecified atom stereocenters. The van der Waals surface area contributed by atoms with E-state index in [1.54, 1.807) is 0 Å². The van der Waals surface area contributed by atoms with Crippen LogP contribution in [0, 0.1) is 0 Å². The van der Waals surface area contributed by atoms with Crippen LogP contribution in [0.25, 0.3) is 11.0 Å². The highest BCUT2D eigenvalue weighted by Gasteiger charge is 2.14. The molecule has 0 radical (unpaired) electrons. The van der Waals surface area contributed by atoms with Crippen molar-refractivity contribution in [3.63, 3.8) is 0 Å². The Hall–Kier alpha value is -1.00. The number of hydrogen-bond donors (Lipinski definition) is 2. The number of H-pyrrole nitrogens is 1. The number of aromatic amines is 1. The van der Waals surface area contributed by atoms with Gasteiger partial charge in [0.2, 0.25) is 0 Å². The van der Waals surface area contributed by atoms with Crippen LogP contribution in [0.5, 0.6) is 0 Å². The molecule has 3 rings (SSSR count). The van der Waals surface area contributed by atoms with E-state index in [2.05, 4.69) is 21.4 Å². The maximum absolute atomic E-state index is 4.55. The number of thioether (sulfide) groups is 1. The summed E-state index contributed by atoms with van der Waals surface area (Å²) >= 11 is 1.81. The van der Waals surface area contributed by atoms with Gasteiger partial charge in [0.05, 0.1) is 11.0 Å². The van der Waals surface area contributed by atoms with Crippen molar-refractivity contribution in [3.8, 4) is 0 Å². The van der Waals surface area contributed by atoms with Crippen LogP contribution >= 0.6 is 11.8 Å². The number of hydrogen-bond acceptors (Lipinski definition) is 3. The van der Waals surface area contributed by atoms with Crippen molar-refractivity contribution in [2.24, 2.45) is 0 Å². The predicted molar refractivity (Wildman–Crippen MR) is 67.8 cm³/mol. The third-order valence-corrected chi connectivity index (χ3v) is 3.99. The standard InChI is InChI=1S/C12H15N3S/c1-2-6-11-10(5-1)14-12(15-11)16-8-9-4-3-7-13-9/h1-2,5-6,9,13H,3-4,7-8H2,(H,14,15)/t9-/m0/s1. The zero-order chi connectivity index (χ0) is 10.8. The van der Waals surface area contributed by atoms with E-state index >= 15 is 0 Å². The van der Waals surface area contributed by atoms with Crippen LogP contribution in [0.15, 0.2) is 29.4 Å². The second-order valence-electron chi connectivity index (χ2n) is 4.16. The molecule has 0 saturated carbocycles. The van der Waals surface area contributed by atoms with E-state index in [9.17, 15) is 0 Å². The van der Waals surface area contributed by atoms with Crippen LogP contribution in [-0.4, -0.2) is 28.3 Å². The van der Waals surface area contributed by atoms with Gasteiger partial charge in [0.15, 0.2) is 5.16 Å². The first-order valence-corrected chi connectivity index (χ1v) is 6.71. The summed E-state index contributed by atoms with van der Waals surface area (Å²) in [5.41, 5.74) is 2.19. The molecule has 1 saturated heterocycles. The third kappa shape index (κ3) is 2.08. The number of nitrogens with zero attached hydrogens (tertiary/aromatic N) is 1. The van der Waals surface area contributed by atoms with Gasteiger partial charge in [0.1, 0.15) is 0 Å². The largest absolute Gasteiger partial charge is 0.333 e. The van der Waals surface area contributed by atoms with Gasteiger partial charge in [-0.05, 0) is 31.5 Å². The molecule has 16 heavy (non-hydrogen) atoms. The average Bonchev–Trinajstić information content (AvgIpc) is 2.95. The third-order valence-electron chi connectivity index (χ3n) is 2.95. The number of aromatic nitrogens is 2. The van der Waals surface area contributed by atoms with Gasteiger partial charge in [-0.15, -0.1) is 0 Å². The van der Waals surface area contributed by atoms with Gasteiger partial charge in [0, 0.05) is 11.8 Å². The lowest BCUT2D eigenvalue weighted by molar-refractivity contribution is 0.673. The fourth-order valence-corrected chi connectivity index (χ4v) is 3.06. The molecular weight excluding hydrogens is 218 g/mol. The molecule has 3 nitrogen and oxygen atoms in total. The number of nitrogens with one attached hydrogen (secondary N) is 2. The minimum atomic E-state index is 0.665. The van der Waals surface area contributed by atoms with Crippen LogP contribution in [0.1, 0.15) is 12.8 Å². The van der Waals surface area contributed by atoms with Gasteiger partial charge in [-0.1, -0.05) is 23.9 Å². The fraction of sp³-hybridized carbons (Fsp3) is 0.417. The Kier molecular flexibility index (Phi) is 2.84. The van der Waals surface area contributed by atoms with Crippen LogP contribution < -0.4 is 5.32 Å². The maximum atomic E-state index is 4.55. The van der Waals surface area contributed by atoms with E-state index in [0.29, 0.717) is 6.04 Å². The molecule has 4 heteroatoms. The van der Waals surface area contributed by atoms with E-state index in [0.717, 1.165) is 21.9 Å². The predicted octanol–water partition coefficient (Wildman–Crippen LogP) is 2.41. The second-order valence-corrected chi connectivity index (χ2v) is 5.17. The highest BCUT2D eigenvalue weighted by molar-refractivity contribution is 7.99. The van der Waals surface area contributed by atoms with Crippen LogP contribution in [-0.2, 0) is 0 Å². The summed E-state index contributed by atoms with van der Waals surface area (Å²) in [5, 5.41) is 4.54. The summed E-state index contributed by atoms with van der Waals surface area (Å²) in [4.78, 5) is 7.90. The number of fused-ring (bicyclic) bond motifs is 1. The first-order valence-electron chi connectivity index (χ1n) is 5.73. The number of benzene rings is 1. The van der Waals surface area contributed by atoms with E-state index < -0.39 is 0 Å². The van der Waals surface area contributed by atoms with E-state index in [4.69, 9.17) is 0 Å². The Morgan fingerprint density at radius 1 is 1.38 bits per heavy atom. The lowest BCUT2D eigenvalue weighted by atomic mass is 10.3. The fourth-order valence-electron chi connectivity index (χ4n) is 2.08. The first kappa shape index (κ1) is 10.2. The zero-order valence-corrected chi connectivity index (χ0v) is 9.89. The Labute approximate surface area is 99.0 Å². The van der Waals surface area contributed by atoms with Crippen molar-refractivity contribution in [1.29, 1.82) is 0 Å². The maximum Gasteiger partial charge on any atom is 0.166 e. The molecular formula is C12H15N3S. The molecule has 1 fully saturated rings. The summed E-state index contributed by atoms with van der Waals surface area (Å²) in [7, 11) is 0. The van der Waals surface area contributed by atoms with Crippen molar-refractivity contribution < 1.29 is 0 Å². The molecule has 0 aliphatic carbocycles. The molecule has 0 amide bonds. The normalized spacial score (nSPS) is 20.6. The average molecular weight is 233 g/mol. The Morgan fingerprint density at radius 2 is 2.31 bits per heavy atom. The van der Waals surface area contributed by atoms with Gasteiger partial charge < -0.3 is 10.3 Å². The van der Waals surface area contributed by atoms with Crippen molar-refractivity contribution in [2.75, 3.05) is 12.3 Å². The van der Waals surface area contributed by atoms with Gasteiger partial charge in [0.25, 0.3) is 0 Å². The van der Waals surface area contributed by atoms with Crippen LogP contribution in [0.2, 0.25) is 0 Å². The highest BCUT2D eigenvalue weighted by atomic mass is 32.2. The topological polar surface area (TPSA) is 40.7 Å². The van der Waals surface area contributed by atoms with Gasteiger partial charge in [-0.2, -0.15) is 0 Å². The molecule has 2 aromatic rings. The van der Waals surface area contributed by atoms with Crippen LogP contribution in [0.3, 0.4) is 0 Å². The molecule has 0 bridgehead atoms. The zero-order valence-electron chi connectivity index (χ0n) is 9.07. The monoisotopic (exact) mass is 233 g/mol. The summed E-state index contributed by atoms with van der Waals surface area (Å²) in [6.45, 7) is 1.17. The minimum Gasteiger partial charge on any atom is -0.333 e. The second kappa shape index (κ2) is 4.47. The Morgan fingerprint density at radius 3 is 3.12 bits per heavy atom. The van der Waals surface area contributed by atoms with E-state index in [1.807, 2.05) is 30.0 Å². The van der Waals surface area contributed by atoms with Crippen LogP contribution in [0.4, 0.5) is 0 Å². The molecule has 84 valence electrons. The lowest BCUT2D eigenvalue weighted by Crippen LogP contribution is -2.23. The summed E-state index contributed by atoms with van der Waals surface area (Å²) in [6, 6.07) is 8.84. The quantitative estimate of drug-likeness (QED) is 0.800. The first-order chi connectivity index (χ1) is 7.92. The Balaban J connectivity index is 1.69. The van der Waals surface area contributed by atoms with Gasteiger partial charge in [-0.3, -0.25) is 0 Å². The molecule has 2 heterocycles. The molecule has 1 aromatic heterocycles. The molecule has 1 aromatic carbocycles. The summed E-state index contributed by atoms with van der Waals surface area (Å²) < 4.78 is 0. The molecule has 0 spiro atoms. The van der Waals surface area contributed by atoms with E-state index in [1.165, 1.54) is 19.4 Å². The van der Waals surface area contributed by atoms with Gasteiger partial charge >= 0.3 is 0 Å². The molecule has 1 aliphatic rings. The van der Waals surface area contributed by atoms with Crippen molar-refractivity contribution >= 4 is 22.8 Å². The van der Waals surface area contributed by atoms with Crippen molar-refractivity contribution in [1.82, 2.24) is 15.3 Å². The smallest absolute Gasteiger partial charge is 0.166 e. The van der Waals surface area contributed by atoms with Gasteiger partial charge in [-0.25, -0.2) is 4.98 Å². The Bertz CT molecular complexity index is 441. The number of rotatable bonds is 3. The lowest BCUT2D eigenvalue weighted by Gasteiger charge is -2.06. The number of imidazole rings is 1. The summed E-state index contributed by atoms with van der Waals surface area (Å²) in [5.74, 6) is 1.11.